The number of carboxylic acid groups (broad SMARTS) is 1. The zero-order chi connectivity index (χ0) is 8.69. The van der Waals surface area contributed by atoms with Crippen molar-refractivity contribution in [1.82, 2.24) is 4.98 Å². The van der Waals surface area contributed by atoms with Crippen molar-refractivity contribution in [3.05, 3.63) is 24.5 Å². The van der Waals surface area contributed by atoms with Crippen LogP contribution >= 0.6 is 0 Å². The van der Waals surface area contributed by atoms with Gasteiger partial charge in [-0.05, 0) is 0 Å². The number of nitrogens with zero attached hydrogens (tertiary/aromatic N) is 1. The number of hydrogen-bond acceptors (Lipinski definition) is 2. The van der Waals surface area contributed by atoms with Gasteiger partial charge in [0.25, 0.3) is 5.97 Å². The summed E-state index contributed by atoms with van der Waals surface area (Å²) < 4.78 is 1.26. The van der Waals surface area contributed by atoms with Gasteiger partial charge in [-0.25, -0.2) is 0 Å². The van der Waals surface area contributed by atoms with Crippen molar-refractivity contribution >= 4 is 27.9 Å². The first kappa shape index (κ1) is 10.2. The summed E-state index contributed by atoms with van der Waals surface area (Å²) in [4.78, 5) is 12.8. The second-order valence-corrected chi connectivity index (χ2v) is 2.04. The van der Waals surface area contributed by atoms with Gasteiger partial charge in [0.1, 0.15) is 0 Å². The van der Waals surface area contributed by atoms with Crippen molar-refractivity contribution in [3.8, 4) is 0 Å². The predicted molar refractivity (Wildman–Crippen MR) is 42.9 cm³/mol. The molecule has 0 spiro atoms. The molecule has 0 unspecified atom stereocenters. The molecule has 0 fully saturated rings. The topological polar surface area (TPSA) is 50.2 Å². The van der Waals surface area contributed by atoms with E-state index in [1.165, 1.54) is 4.24 Å². The predicted octanol–water partition coefficient (Wildman–Crippen LogP) is -0.0337. The normalized spacial score (nSPS) is 7.91. The summed E-state index contributed by atoms with van der Waals surface area (Å²) in [5.41, 5.74) is 0. The standard InChI is InChI=1S/C5H4N.C2H4O2.Li/c1-2-4-6-5-3-1;1-2(3)4;/h2-5H;1H3,(H,3,4);. The van der Waals surface area contributed by atoms with Crippen LogP contribution in [0.3, 0.4) is 0 Å². The molecule has 0 aliphatic rings. The third kappa shape index (κ3) is 9.22. The summed E-state index contributed by atoms with van der Waals surface area (Å²) in [6.07, 6.45) is 3.57. The summed E-state index contributed by atoms with van der Waals surface area (Å²) in [6, 6.07) is 3.94. The van der Waals surface area contributed by atoms with Crippen LogP contribution in [-0.2, 0) is 4.79 Å². The van der Waals surface area contributed by atoms with Crippen LogP contribution in [0.15, 0.2) is 24.5 Å². The molecule has 1 aromatic heterocycles. The number of pyridine rings is 1. The second-order valence-electron chi connectivity index (χ2n) is 2.04. The van der Waals surface area contributed by atoms with E-state index in [1.54, 1.807) is 12.4 Å². The van der Waals surface area contributed by atoms with Crippen LogP contribution in [-0.4, -0.2) is 33.8 Å². The van der Waals surface area contributed by atoms with E-state index in [0.717, 1.165) is 6.92 Å². The van der Waals surface area contributed by atoms with Gasteiger partial charge in [-0.3, -0.25) is 4.79 Å². The Hall–Kier alpha value is -0.783. The Bertz CT molecular complexity index is 209. The molecule has 0 saturated carbocycles. The van der Waals surface area contributed by atoms with Crippen LogP contribution in [0, 0.1) is 0 Å². The number of carbonyl (C=O) groups is 1. The first-order valence-corrected chi connectivity index (χ1v) is 3.19. The maximum atomic E-state index is 9.00. The Labute approximate surface area is 74.7 Å². The summed E-state index contributed by atoms with van der Waals surface area (Å²) in [5.74, 6) is -0.833. The third-order valence-electron chi connectivity index (χ3n) is 0.847. The molecule has 0 atom stereocenters. The molecule has 1 heterocycles. The Kier molecular flexibility index (Phi) is 5.54. The molecule has 4 heteroatoms. The van der Waals surface area contributed by atoms with Crippen LogP contribution < -0.4 is 4.24 Å². The van der Waals surface area contributed by atoms with Crippen molar-refractivity contribution in [3.63, 3.8) is 0 Å². The summed E-state index contributed by atoms with van der Waals surface area (Å²) in [6.45, 7) is 1.08. The minimum absolute atomic E-state index is 0.833. The Balaban J connectivity index is 0.000000218. The van der Waals surface area contributed by atoms with Crippen molar-refractivity contribution in [1.29, 1.82) is 0 Å². The molecule has 3 nitrogen and oxygen atoms in total. The Morgan fingerprint density at radius 3 is 2.09 bits per heavy atom. The van der Waals surface area contributed by atoms with E-state index in [1.807, 2.05) is 29.8 Å². The van der Waals surface area contributed by atoms with Crippen LogP contribution in [0.2, 0.25) is 0 Å². The van der Waals surface area contributed by atoms with E-state index < -0.39 is 5.97 Å². The molecule has 0 bridgehead atoms. The van der Waals surface area contributed by atoms with E-state index >= 15 is 0 Å². The van der Waals surface area contributed by atoms with Crippen molar-refractivity contribution in [2.24, 2.45) is 0 Å². The first-order chi connectivity index (χ1) is 5.13. The maximum absolute atomic E-state index is 9.00. The third-order valence-corrected chi connectivity index (χ3v) is 0.847. The van der Waals surface area contributed by atoms with Crippen molar-refractivity contribution in [2.75, 3.05) is 0 Å². The van der Waals surface area contributed by atoms with E-state index in [-0.39, 0.29) is 0 Å². The molecule has 0 aliphatic heterocycles. The van der Waals surface area contributed by atoms with Crippen molar-refractivity contribution in [2.45, 2.75) is 6.92 Å². The van der Waals surface area contributed by atoms with Gasteiger partial charge in [0.2, 0.25) is 0 Å². The number of hydrogen-bond donors (Lipinski definition) is 1. The second kappa shape index (κ2) is 5.96. The quantitative estimate of drug-likeness (QED) is 0.521. The minimum atomic E-state index is -0.833. The fourth-order valence-corrected chi connectivity index (χ4v) is 0.426. The van der Waals surface area contributed by atoms with E-state index in [0.29, 0.717) is 0 Å². The van der Waals surface area contributed by atoms with E-state index in [9.17, 15) is 0 Å². The van der Waals surface area contributed by atoms with Crippen molar-refractivity contribution < 1.29 is 9.90 Å². The van der Waals surface area contributed by atoms with Crippen LogP contribution in [0.4, 0.5) is 0 Å². The zero-order valence-electron chi connectivity index (χ0n) is 6.61. The number of carboxylic acids is 1. The molecule has 1 rings (SSSR count). The number of rotatable bonds is 0. The van der Waals surface area contributed by atoms with Gasteiger partial charge >= 0.3 is 51.5 Å². The average Bonchev–Trinajstić information content (AvgIpc) is 1.87. The van der Waals surface area contributed by atoms with Crippen LogP contribution in [0.1, 0.15) is 6.92 Å². The molecule has 1 aromatic rings. The van der Waals surface area contributed by atoms with Gasteiger partial charge < -0.3 is 5.11 Å². The summed E-state index contributed by atoms with van der Waals surface area (Å²) in [7, 11) is 0. The average molecular weight is 145 g/mol. The Morgan fingerprint density at radius 1 is 1.55 bits per heavy atom. The van der Waals surface area contributed by atoms with E-state index in [4.69, 9.17) is 9.90 Å². The molecule has 54 valence electrons. The molecule has 0 saturated heterocycles. The fourth-order valence-electron chi connectivity index (χ4n) is 0.426. The van der Waals surface area contributed by atoms with Gasteiger partial charge in [-0.2, -0.15) is 0 Å². The van der Waals surface area contributed by atoms with Gasteiger partial charge in [-0.15, -0.1) is 0 Å². The number of aliphatic carboxylic acids is 1. The monoisotopic (exact) mass is 145 g/mol. The molecule has 11 heavy (non-hydrogen) atoms. The Morgan fingerprint density at radius 2 is 1.91 bits per heavy atom. The molecule has 0 aromatic carbocycles. The molecule has 0 aliphatic carbocycles. The van der Waals surface area contributed by atoms with Crippen LogP contribution in [0.5, 0.6) is 0 Å². The summed E-state index contributed by atoms with van der Waals surface area (Å²) >= 11 is 2.04. The van der Waals surface area contributed by atoms with Gasteiger partial charge in [0, 0.05) is 6.92 Å². The molecule has 1 N–H and O–H groups in total. The SMILES string of the molecule is CC(=O)O.[Li][c]1ccncc1. The van der Waals surface area contributed by atoms with Crippen LogP contribution in [0.25, 0.3) is 0 Å². The molecular formula is C7H8LiNO2. The fraction of sp³-hybridized carbons (Fsp3) is 0.143. The molecule has 0 amide bonds. The number of aromatic nitrogens is 1. The van der Waals surface area contributed by atoms with Gasteiger partial charge in [0.15, 0.2) is 0 Å². The first-order valence-electron chi connectivity index (χ1n) is 3.19. The zero-order valence-corrected chi connectivity index (χ0v) is 6.61. The summed E-state index contributed by atoms with van der Waals surface area (Å²) in [5, 5.41) is 7.42. The van der Waals surface area contributed by atoms with Gasteiger partial charge in [-0.1, -0.05) is 0 Å². The van der Waals surface area contributed by atoms with E-state index in [2.05, 4.69) is 4.98 Å². The molecular weight excluding hydrogens is 137 g/mol. The molecule has 0 radical (unpaired) electrons. The van der Waals surface area contributed by atoms with Gasteiger partial charge in [0.05, 0.1) is 0 Å².